The van der Waals surface area contributed by atoms with Gasteiger partial charge in [-0.15, -0.1) is 0 Å². The van der Waals surface area contributed by atoms with Gasteiger partial charge in [-0.2, -0.15) is 13.2 Å². The van der Waals surface area contributed by atoms with Crippen LogP contribution in [-0.2, 0) is 9.59 Å². The minimum atomic E-state index is -4.84. The van der Waals surface area contributed by atoms with E-state index in [0.29, 0.717) is 25.9 Å². The first-order chi connectivity index (χ1) is 16.0. The van der Waals surface area contributed by atoms with E-state index in [-0.39, 0.29) is 30.1 Å². The van der Waals surface area contributed by atoms with Crippen LogP contribution in [-0.4, -0.2) is 65.6 Å². The van der Waals surface area contributed by atoms with Gasteiger partial charge in [-0.1, -0.05) is 6.07 Å². The van der Waals surface area contributed by atoms with Crippen molar-refractivity contribution in [2.45, 2.75) is 95.7 Å². The second-order valence-electron chi connectivity index (χ2n) is 10.1. The van der Waals surface area contributed by atoms with Gasteiger partial charge < -0.3 is 15.0 Å². The average molecular weight is 482 g/mol. The molecule has 3 aliphatic heterocycles. The summed E-state index contributed by atoms with van der Waals surface area (Å²) in [5.74, 6) is -0.867. The third-order valence-corrected chi connectivity index (χ3v) is 8.12. The summed E-state index contributed by atoms with van der Waals surface area (Å²) in [5, 5.41) is 2.20. The molecule has 3 aliphatic rings. The number of benzene rings is 1. The summed E-state index contributed by atoms with van der Waals surface area (Å²) in [5.41, 5.74) is 3.40. The first-order valence-corrected chi connectivity index (χ1v) is 12.1. The molecule has 3 fully saturated rings. The molecule has 0 aromatic heterocycles. The topological polar surface area (TPSA) is 61.9 Å². The molecule has 0 aliphatic carbocycles. The van der Waals surface area contributed by atoms with Gasteiger partial charge in [0.15, 0.2) is 0 Å². The Bertz CT molecular complexity index is 937. The Hall–Kier alpha value is -2.29. The predicted molar refractivity (Wildman–Crippen MR) is 121 cm³/mol. The second-order valence-corrected chi connectivity index (χ2v) is 10.1. The molecule has 3 heterocycles. The summed E-state index contributed by atoms with van der Waals surface area (Å²) in [6.45, 7) is 6.75. The molecule has 0 spiro atoms. The lowest BCUT2D eigenvalue weighted by atomic mass is 9.91. The summed E-state index contributed by atoms with van der Waals surface area (Å²) in [6, 6.07) is 4.15. The maximum Gasteiger partial charge on any atom is 0.471 e. The quantitative estimate of drug-likeness (QED) is 0.666. The van der Waals surface area contributed by atoms with Crippen LogP contribution in [0.1, 0.15) is 68.2 Å². The summed E-state index contributed by atoms with van der Waals surface area (Å²) in [6.07, 6.45) is -0.529. The van der Waals surface area contributed by atoms with Crippen molar-refractivity contribution in [3.63, 3.8) is 0 Å². The van der Waals surface area contributed by atoms with Crippen molar-refractivity contribution in [2.75, 3.05) is 13.7 Å². The molecule has 4 rings (SSSR count). The van der Waals surface area contributed by atoms with Crippen LogP contribution in [0.3, 0.4) is 0 Å². The fraction of sp³-hybridized carbons (Fsp3) is 0.680. The zero-order valence-electron chi connectivity index (χ0n) is 20.2. The van der Waals surface area contributed by atoms with Crippen LogP contribution in [0.5, 0.6) is 5.75 Å². The minimum absolute atomic E-state index is 0.0977. The number of halogens is 3. The van der Waals surface area contributed by atoms with E-state index in [1.807, 2.05) is 20.0 Å². The van der Waals surface area contributed by atoms with E-state index in [9.17, 15) is 22.8 Å². The zero-order chi connectivity index (χ0) is 24.8. The molecule has 34 heavy (non-hydrogen) atoms. The standard InChI is InChI=1S/C25H34F3N3O3/c1-14-15(2)22(34-13-20-7-10-23(32)30(20)4)9-8-21(14)16(3)31-18-5-6-19(31)12-17(11-18)29-24(33)25(26,27)28/h8-9,16-20H,5-7,10-13H2,1-4H3,(H,29,33)/t16?,17?,18?,19?,20-/m1/s1. The average Bonchev–Trinajstić information content (AvgIpc) is 3.23. The number of amides is 2. The largest absolute Gasteiger partial charge is 0.491 e. The smallest absolute Gasteiger partial charge is 0.471 e. The third-order valence-electron chi connectivity index (χ3n) is 8.12. The normalized spacial score (nSPS) is 28.3. The third kappa shape index (κ3) is 4.76. The van der Waals surface area contributed by atoms with Gasteiger partial charge in [-0.25, -0.2) is 0 Å². The van der Waals surface area contributed by atoms with E-state index >= 15 is 0 Å². The van der Waals surface area contributed by atoms with Crippen molar-refractivity contribution in [2.24, 2.45) is 0 Å². The van der Waals surface area contributed by atoms with Crippen molar-refractivity contribution in [3.05, 3.63) is 28.8 Å². The van der Waals surface area contributed by atoms with Crippen LogP contribution < -0.4 is 10.1 Å². The number of carbonyl (C=O) groups excluding carboxylic acids is 2. The minimum Gasteiger partial charge on any atom is -0.491 e. The highest BCUT2D eigenvalue weighted by atomic mass is 19.4. The molecule has 188 valence electrons. The number of piperidine rings is 1. The van der Waals surface area contributed by atoms with Crippen molar-refractivity contribution in [3.8, 4) is 5.75 Å². The predicted octanol–water partition coefficient (Wildman–Crippen LogP) is 4.04. The highest BCUT2D eigenvalue weighted by molar-refractivity contribution is 5.82. The SMILES string of the molecule is Cc1c(OC[C@H]2CCC(=O)N2C)ccc(C(C)N2C3CCC2CC(NC(=O)C(F)(F)F)C3)c1C. The molecule has 3 unspecified atom stereocenters. The molecular weight excluding hydrogens is 447 g/mol. The van der Waals surface area contributed by atoms with Gasteiger partial charge in [0.25, 0.3) is 0 Å². The van der Waals surface area contributed by atoms with Crippen molar-refractivity contribution < 1.29 is 27.5 Å². The van der Waals surface area contributed by atoms with Crippen LogP contribution in [0.15, 0.2) is 12.1 Å². The summed E-state index contributed by atoms with van der Waals surface area (Å²) in [4.78, 5) is 27.4. The number of nitrogens with one attached hydrogen (secondary N) is 1. The number of likely N-dealkylation sites (N-methyl/N-ethyl adjacent to an activating group) is 1. The lowest BCUT2D eigenvalue weighted by Gasteiger charge is -2.43. The monoisotopic (exact) mass is 481 g/mol. The number of fused-ring (bicyclic) bond motifs is 2. The van der Waals surface area contributed by atoms with Gasteiger partial charge in [0.05, 0.1) is 6.04 Å². The van der Waals surface area contributed by atoms with Gasteiger partial charge in [-0.05, 0) is 75.6 Å². The Morgan fingerprint density at radius 1 is 1.15 bits per heavy atom. The fourth-order valence-electron chi connectivity index (χ4n) is 6.06. The molecule has 1 aromatic carbocycles. The van der Waals surface area contributed by atoms with Crippen LogP contribution in [0.4, 0.5) is 13.2 Å². The number of hydrogen-bond donors (Lipinski definition) is 1. The molecule has 1 N–H and O–H groups in total. The highest BCUT2D eigenvalue weighted by Gasteiger charge is 2.46. The number of ether oxygens (including phenoxy) is 1. The number of alkyl halides is 3. The fourth-order valence-corrected chi connectivity index (χ4v) is 6.06. The van der Waals surface area contributed by atoms with E-state index in [4.69, 9.17) is 4.74 Å². The Morgan fingerprint density at radius 2 is 1.79 bits per heavy atom. The highest BCUT2D eigenvalue weighted by Crippen LogP contribution is 2.43. The molecule has 4 atom stereocenters. The van der Waals surface area contributed by atoms with Gasteiger partial charge >= 0.3 is 12.1 Å². The maximum atomic E-state index is 12.7. The number of nitrogens with zero attached hydrogens (tertiary/aromatic N) is 2. The van der Waals surface area contributed by atoms with Crippen molar-refractivity contribution in [1.29, 1.82) is 0 Å². The number of rotatable bonds is 6. The van der Waals surface area contributed by atoms with Gasteiger partial charge in [0, 0.05) is 37.6 Å². The number of hydrogen-bond acceptors (Lipinski definition) is 4. The van der Waals surface area contributed by atoms with E-state index in [1.54, 1.807) is 4.90 Å². The summed E-state index contributed by atoms with van der Waals surface area (Å²) >= 11 is 0. The Kier molecular flexibility index (Phi) is 6.86. The molecule has 6 nitrogen and oxygen atoms in total. The summed E-state index contributed by atoms with van der Waals surface area (Å²) in [7, 11) is 1.82. The van der Waals surface area contributed by atoms with Crippen LogP contribution >= 0.6 is 0 Å². The van der Waals surface area contributed by atoms with E-state index in [2.05, 4.69) is 30.1 Å². The first-order valence-electron chi connectivity index (χ1n) is 12.1. The first kappa shape index (κ1) is 24.8. The Morgan fingerprint density at radius 3 is 2.35 bits per heavy atom. The number of carbonyl (C=O) groups is 2. The maximum absolute atomic E-state index is 12.7. The number of likely N-dealkylation sites (tertiary alicyclic amines) is 1. The zero-order valence-corrected chi connectivity index (χ0v) is 20.2. The van der Waals surface area contributed by atoms with Crippen LogP contribution in [0, 0.1) is 13.8 Å². The van der Waals surface area contributed by atoms with Crippen LogP contribution in [0.2, 0.25) is 0 Å². The molecule has 2 bridgehead atoms. The van der Waals surface area contributed by atoms with Gasteiger partial charge in [0.1, 0.15) is 12.4 Å². The molecule has 3 saturated heterocycles. The molecule has 1 aromatic rings. The van der Waals surface area contributed by atoms with Gasteiger partial charge in [0.2, 0.25) is 5.91 Å². The molecular formula is C25H34F3N3O3. The molecule has 9 heteroatoms. The lowest BCUT2D eigenvalue weighted by Crippen LogP contribution is -2.53. The molecule has 0 radical (unpaired) electrons. The lowest BCUT2D eigenvalue weighted by molar-refractivity contribution is -0.174. The van der Waals surface area contributed by atoms with Crippen molar-refractivity contribution >= 4 is 11.8 Å². The van der Waals surface area contributed by atoms with E-state index < -0.39 is 18.1 Å². The van der Waals surface area contributed by atoms with Crippen LogP contribution in [0.25, 0.3) is 0 Å². The van der Waals surface area contributed by atoms with Crippen molar-refractivity contribution in [1.82, 2.24) is 15.1 Å². The summed E-state index contributed by atoms with van der Waals surface area (Å²) < 4.78 is 44.1. The Labute approximate surface area is 198 Å². The Balaban J connectivity index is 1.42. The molecule has 2 amide bonds. The molecule has 0 saturated carbocycles. The van der Waals surface area contributed by atoms with Gasteiger partial charge in [-0.3, -0.25) is 14.5 Å². The van der Waals surface area contributed by atoms with E-state index in [1.165, 1.54) is 5.56 Å². The second kappa shape index (κ2) is 9.40. The van der Waals surface area contributed by atoms with E-state index in [0.717, 1.165) is 36.1 Å².